The van der Waals surface area contributed by atoms with Gasteiger partial charge in [-0.3, -0.25) is 4.31 Å². The maximum absolute atomic E-state index is 10.9. The van der Waals surface area contributed by atoms with Gasteiger partial charge < -0.3 is 16.4 Å². The van der Waals surface area contributed by atoms with Crippen molar-refractivity contribution in [1.82, 2.24) is 9.21 Å². The van der Waals surface area contributed by atoms with Crippen LogP contribution in [0.5, 0.6) is 0 Å². The Balaban J connectivity index is 3.46. The van der Waals surface area contributed by atoms with Crippen LogP contribution in [0, 0.1) is 0 Å². The maximum atomic E-state index is 10.9. The summed E-state index contributed by atoms with van der Waals surface area (Å²) in [6, 6.07) is -0.392. The number of hydrogen-bond acceptors (Lipinski definition) is 5. The van der Waals surface area contributed by atoms with E-state index in [1.165, 1.54) is 16.3 Å². The second kappa shape index (κ2) is 9.98. The molecule has 0 atom stereocenters. The highest BCUT2D eigenvalue weighted by Gasteiger charge is 2.07. The van der Waals surface area contributed by atoms with Gasteiger partial charge in [0, 0.05) is 37.9 Å². The van der Waals surface area contributed by atoms with Gasteiger partial charge >= 0.3 is 6.03 Å². The third-order valence-electron chi connectivity index (χ3n) is 1.81. The molecule has 0 aromatic rings. The Kier molecular flexibility index (Phi) is 9.99. The van der Waals surface area contributed by atoms with Crippen LogP contribution >= 0.6 is 45.8 Å². The number of hydrogen-bond donors (Lipinski definition) is 2. The summed E-state index contributed by atoms with van der Waals surface area (Å²) >= 11 is 6.17. The molecule has 2 amide bonds. The van der Waals surface area contributed by atoms with Gasteiger partial charge in [0.05, 0.1) is 0 Å². The Morgan fingerprint density at radius 3 is 2.18 bits per heavy atom. The average Bonchev–Trinajstić information content (AvgIpc) is 2.27. The van der Waals surface area contributed by atoms with Gasteiger partial charge in [-0.1, -0.05) is 21.6 Å². The summed E-state index contributed by atoms with van der Waals surface area (Å²) in [6.45, 7) is 1.48. The van der Waals surface area contributed by atoms with E-state index in [4.69, 9.17) is 23.7 Å². The molecule has 9 heteroatoms. The highest BCUT2D eigenvalue weighted by molar-refractivity contribution is 8.76. The van der Waals surface area contributed by atoms with Gasteiger partial charge in [-0.2, -0.15) is 0 Å². The van der Waals surface area contributed by atoms with Crippen LogP contribution in [0.25, 0.3) is 0 Å². The van der Waals surface area contributed by atoms with Crippen LogP contribution in [-0.4, -0.2) is 58.2 Å². The lowest BCUT2D eigenvalue weighted by Gasteiger charge is -2.17. The van der Waals surface area contributed by atoms with E-state index >= 15 is 0 Å². The van der Waals surface area contributed by atoms with Crippen LogP contribution in [0.2, 0.25) is 0 Å². The van der Waals surface area contributed by atoms with E-state index in [1.807, 2.05) is 18.2 Å². The highest BCUT2D eigenvalue weighted by Crippen LogP contribution is 2.21. The quantitative estimate of drug-likeness (QED) is 0.302. The van der Waals surface area contributed by atoms with Crippen LogP contribution in [0.1, 0.15) is 0 Å². The fraction of sp³-hybridized carbons (Fsp3) is 0.750. The molecule has 0 radical (unpaired) electrons. The molecule has 0 aromatic carbocycles. The van der Waals surface area contributed by atoms with Crippen molar-refractivity contribution in [2.24, 2.45) is 11.5 Å². The topological polar surface area (TPSA) is 75.6 Å². The van der Waals surface area contributed by atoms with Crippen LogP contribution in [0.4, 0.5) is 4.79 Å². The fourth-order valence-electron chi connectivity index (χ4n) is 0.814. The third-order valence-corrected chi connectivity index (χ3v) is 5.29. The summed E-state index contributed by atoms with van der Waals surface area (Å²) in [5.41, 5.74) is 10.6. The van der Waals surface area contributed by atoms with Crippen molar-refractivity contribution < 1.29 is 4.79 Å². The molecule has 0 aliphatic rings. The lowest BCUT2D eigenvalue weighted by molar-refractivity contribution is 0.236. The monoisotopic (exact) mass is 314 g/mol. The lowest BCUT2D eigenvalue weighted by Crippen LogP contribution is -2.33. The molecule has 4 N–H and O–H groups in total. The zero-order valence-electron chi connectivity index (χ0n) is 9.92. The summed E-state index contributed by atoms with van der Waals surface area (Å²) in [4.78, 5) is 12.7. The lowest BCUT2D eigenvalue weighted by atomic mass is 10.6. The smallest absolute Gasteiger partial charge is 0.324 e. The number of carbonyl (C=O) groups excluding carboxylic acids is 1. The van der Waals surface area contributed by atoms with Crippen LogP contribution < -0.4 is 11.5 Å². The average molecular weight is 315 g/mol. The minimum atomic E-state index is -0.392. The van der Waals surface area contributed by atoms with E-state index in [2.05, 4.69) is 0 Å². The van der Waals surface area contributed by atoms with Crippen molar-refractivity contribution in [3.05, 3.63) is 0 Å². The minimum Gasteiger partial charge on any atom is -0.376 e. The Morgan fingerprint density at radius 1 is 1.24 bits per heavy atom. The van der Waals surface area contributed by atoms with Gasteiger partial charge in [0.1, 0.15) is 0 Å². The van der Waals surface area contributed by atoms with Crippen molar-refractivity contribution >= 4 is 56.9 Å². The molecule has 0 saturated heterocycles. The van der Waals surface area contributed by atoms with Crippen molar-refractivity contribution in [2.75, 3.05) is 37.9 Å². The Morgan fingerprint density at radius 2 is 1.76 bits per heavy atom. The highest BCUT2D eigenvalue weighted by atomic mass is 33.1. The first kappa shape index (κ1) is 17.0. The van der Waals surface area contributed by atoms with E-state index in [0.717, 1.165) is 18.1 Å². The van der Waals surface area contributed by atoms with E-state index in [9.17, 15) is 4.79 Å². The summed E-state index contributed by atoms with van der Waals surface area (Å²) in [5, 5.41) is 0.415. The molecule has 0 spiro atoms. The second-order valence-corrected chi connectivity index (χ2v) is 6.95. The Hall–Kier alpha value is 0.01000. The molecule has 0 heterocycles. The number of rotatable bonds is 8. The summed E-state index contributed by atoms with van der Waals surface area (Å²) in [5.74, 6) is 1.79. The number of nitrogens with zero attached hydrogens (tertiary/aromatic N) is 2. The predicted octanol–water partition coefficient (Wildman–Crippen LogP) is 1.20. The first-order valence-corrected chi connectivity index (χ1v) is 8.93. The molecular weight excluding hydrogens is 296 g/mol. The van der Waals surface area contributed by atoms with Crippen LogP contribution in [0.3, 0.4) is 0 Å². The molecule has 100 valence electrons. The van der Waals surface area contributed by atoms with Gasteiger partial charge in [-0.05, 0) is 24.2 Å². The number of thiocarbonyl (C=S) groups is 1. The normalized spacial score (nSPS) is 10.0. The van der Waals surface area contributed by atoms with Crippen LogP contribution in [0.15, 0.2) is 0 Å². The molecule has 5 nitrogen and oxygen atoms in total. The first-order valence-electron chi connectivity index (χ1n) is 4.85. The molecule has 0 fully saturated rings. The Bertz CT molecular complexity index is 254. The number of carbonyl (C=O) groups is 1. The SMILES string of the molecule is CSN(CCSSCCN(C)C(N)=S)C(N)=O. The van der Waals surface area contributed by atoms with Crippen molar-refractivity contribution in [3.8, 4) is 0 Å². The predicted molar refractivity (Wildman–Crippen MR) is 84.1 cm³/mol. The molecule has 0 aliphatic carbocycles. The molecule has 0 aromatic heterocycles. The van der Waals surface area contributed by atoms with Crippen molar-refractivity contribution in [1.29, 1.82) is 0 Å². The number of urea groups is 1. The number of nitrogens with two attached hydrogens (primary N) is 2. The van der Waals surface area contributed by atoms with Crippen LogP contribution in [-0.2, 0) is 0 Å². The van der Waals surface area contributed by atoms with Gasteiger partial charge in [0.2, 0.25) is 0 Å². The van der Waals surface area contributed by atoms with Crippen molar-refractivity contribution in [2.45, 2.75) is 0 Å². The summed E-state index contributed by atoms with van der Waals surface area (Å²) in [6.07, 6.45) is 1.83. The zero-order chi connectivity index (χ0) is 13.3. The van der Waals surface area contributed by atoms with E-state index < -0.39 is 6.03 Å². The maximum Gasteiger partial charge on any atom is 0.324 e. The summed E-state index contributed by atoms with van der Waals surface area (Å²) in [7, 11) is 5.32. The standard InChI is InChI=1S/C8H18N4OS4/c1-11(8(10)14)3-5-16-17-6-4-12(15-2)7(9)13/h3-6H2,1-2H3,(H2,9,13)(H2,10,14). The summed E-state index contributed by atoms with van der Waals surface area (Å²) < 4.78 is 1.54. The Labute approximate surface area is 120 Å². The number of amides is 2. The van der Waals surface area contributed by atoms with E-state index in [0.29, 0.717) is 11.7 Å². The third kappa shape index (κ3) is 8.70. The molecule has 0 saturated carbocycles. The van der Waals surface area contributed by atoms with Gasteiger partial charge in [-0.15, -0.1) is 0 Å². The molecule has 17 heavy (non-hydrogen) atoms. The zero-order valence-corrected chi connectivity index (χ0v) is 13.2. The van der Waals surface area contributed by atoms with Gasteiger partial charge in [0.15, 0.2) is 5.11 Å². The van der Waals surface area contributed by atoms with Crippen molar-refractivity contribution in [3.63, 3.8) is 0 Å². The molecule has 0 rings (SSSR count). The van der Waals surface area contributed by atoms with E-state index in [-0.39, 0.29) is 0 Å². The van der Waals surface area contributed by atoms with E-state index in [1.54, 1.807) is 21.6 Å². The number of primary amides is 1. The van der Waals surface area contributed by atoms with Gasteiger partial charge in [-0.25, -0.2) is 4.79 Å². The minimum absolute atomic E-state index is 0.392. The van der Waals surface area contributed by atoms with Gasteiger partial charge in [0.25, 0.3) is 0 Å². The fourth-order valence-corrected chi connectivity index (χ4v) is 3.47. The molecule has 0 unspecified atom stereocenters. The molecule has 0 aliphatic heterocycles. The molecule has 0 bridgehead atoms. The first-order chi connectivity index (χ1) is 7.99. The largest absolute Gasteiger partial charge is 0.376 e. The second-order valence-electron chi connectivity index (χ2n) is 3.03. The molecular formula is C8H18N4OS4.